The minimum atomic E-state index is 0.309. The molecule has 0 saturated carbocycles. The molecule has 25 heavy (non-hydrogen) atoms. The number of nitrogens with one attached hydrogen (secondary N) is 1. The maximum Gasteiger partial charge on any atom is 0.180 e. The second-order valence-electron chi connectivity index (χ2n) is 5.91. The average Bonchev–Trinajstić information content (AvgIpc) is 2.85. The van der Waals surface area contributed by atoms with Crippen LogP contribution >= 0.6 is 23.2 Å². The Morgan fingerprint density at radius 2 is 1.76 bits per heavy atom. The molecule has 0 aliphatic heterocycles. The van der Waals surface area contributed by atoms with E-state index in [2.05, 4.69) is 11.6 Å². The summed E-state index contributed by atoms with van der Waals surface area (Å²) < 4.78 is 7.48. The van der Waals surface area contributed by atoms with E-state index in [1.54, 1.807) is 0 Å². The zero-order valence-electron chi connectivity index (χ0n) is 14.3. The van der Waals surface area contributed by atoms with Crippen molar-refractivity contribution < 1.29 is 4.74 Å². The lowest BCUT2D eigenvalue weighted by atomic mass is 10.0. The van der Waals surface area contributed by atoms with E-state index in [0.717, 1.165) is 22.2 Å². The van der Waals surface area contributed by atoms with E-state index < -0.39 is 0 Å². The van der Waals surface area contributed by atoms with E-state index in [1.807, 2.05) is 49.4 Å². The Balaban J connectivity index is 2.13. The van der Waals surface area contributed by atoms with Crippen LogP contribution in [0.15, 0.2) is 42.5 Å². The summed E-state index contributed by atoms with van der Waals surface area (Å²) in [4.78, 5) is 0. The maximum atomic E-state index is 7.93. The minimum absolute atomic E-state index is 0.309. The van der Waals surface area contributed by atoms with Gasteiger partial charge in [0.15, 0.2) is 5.90 Å². The van der Waals surface area contributed by atoms with Crippen LogP contribution < -0.4 is 0 Å². The van der Waals surface area contributed by atoms with Gasteiger partial charge in [0.05, 0.1) is 12.3 Å². The molecule has 1 aromatic heterocycles. The van der Waals surface area contributed by atoms with Gasteiger partial charge < -0.3 is 9.30 Å². The molecule has 0 aliphatic rings. The molecule has 0 amide bonds. The van der Waals surface area contributed by atoms with Crippen molar-refractivity contribution in [2.45, 2.75) is 19.8 Å². The zero-order valence-corrected chi connectivity index (χ0v) is 15.8. The van der Waals surface area contributed by atoms with Crippen molar-refractivity contribution in [1.82, 2.24) is 4.57 Å². The number of hydrogen-bond acceptors (Lipinski definition) is 2. The fourth-order valence-electron chi connectivity index (χ4n) is 3.21. The fraction of sp³-hybridized carbons (Fsp3) is 0.250. The molecule has 0 spiro atoms. The first-order chi connectivity index (χ1) is 12.0. The molecule has 5 heteroatoms. The Morgan fingerprint density at radius 3 is 2.44 bits per heavy atom. The van der Waals surface area contributed by atoms with Gasteiger partial charge in [-0.05, 0) is 54.8 Å². The number of aryl methyl sites for hydroxylation is 2. The van der Waals surface area contributed by atoms with E-state index >= 15 is 0 Å². The molecule has 0 radical (unpaired) electrons. The third-order valence-corrected chi connectivity index (χ3v) is 4.79. The highest BCUT2D eigenvalue weighted by molar-refractivity contribution is 6.31. The van der Waals surface area contributed by atoms with Crippen LogP contribution in [-0.4, -0.2) is 17.1 Å². The van der Waals surface area contributed by atoms with Crippen LogP contribution in [0.3, 0.4) is 0 Å². The molecule has 1 N–H and O–H groups in total. The highest BCUT2D eigenvalue weighted by atomic mass is 35.5. The predicted molar refractivity (Wildman–Crippen MR) is 106 cm³/mol. The lowest BCUT2D eigenvalue weighted by molar-refractivity contribution is 0.314. The largest absolute Gasteiger partial charge is 0.481 e. The molecule has 130 valence electrons. The third kappa shape index (κ3) is 3.68. The van der Waals surface area contributed by atoms with Crippen LogP contribution in [0.25, 0.3) is 22.2 Å². The smallest absolute Gasteiger partial charge is 0.180 e. The molecule has 0 atom stereocenters. The summed E-state index contributed by atoms with van der Waals surface area (Å²) in [6.07, 6.45) is 1.27. The summed E-state index contributed by atoms with van der Waals surface area (Å²) in [5, 5.41) is 10.5. The summed E-state index contributed by atoms with van der Waals surface area (Å²) in [5.41, 5.74) is 4.51. The molecule has 0 saturated heterocycles. The normalized spacial score (nSPS) is 11.0. The highest BCUT2D eigenvalue weighted by Gasteiger charge is 2.17. The van der Waals surface area contributed by atoms with Crippen LogP contribution in [-0.2, 0) is 18.2 Å². The van der Waals surface area contributed by atoms with Gasteiger partial charge in [-0.25, -0.2) is 0 Å². The van der Waals surface area contributed by atoms with Gasteiger partial charge in [-0.1, -0.05) is 35.3 Å². The van der Waals surface area contributed by atoms with Gasteiger partial charge >= 0.3 is 0 Å². The predicted octanol–water partition coefficient (Wildman–Crippen LogP) is 6.10. The number of benzene rings is 2. The first-order valence-corrected chi connectivity index (χ1v) is 8.99. The molecule has 3 aromatic rings. The lowest BCUT2D eigenvalue weighted by Crippen LogP contribution is -2.05. The van der Waals surface area contributed by atoms with Gasteiger partial charge in [0.25, 0.3) is 0 Å². The Labute approximate surface area is 157 Å². The van der Waals surface area contributed by atoms with Gasteiger partial charge in [0, 0.05) is 34.4 Å². The first-order valence-electron chi connectivity index (χ1n) is 8.24. The lowest BCUT2D eigenvalue weighted by Gasteiger charge is -2.10. The quantitative estimate of drug-likeness (QED) is 0.425. The summed E-state index contributed by atoms with van der Waals surface area (Å²) in [6, 6.07) is 13.8. The standard InChI is InChI=1S/C20H20Cl2N2O/c1-3-25-19(23)11-9-16-17-12-15(22)8-10-18(17)24(2)20(16)13-4-6-14(21)7-5-13/h4-8,10,12,23H,3,9,11H2,1-2H3. The van der Waals surface area contributed by atoms with Gasteiger partial charge in [0.2, 0.25) is 0 Å². The average molecular weight is 375 g/mol. The van der Waals surface area contributed by atoms with E-state index in [9.17, 15) is 0 Å². The number of nitrogens with zero attached hydrogens (tertiary/aromatic N) is 1. The van der Waals surface area contributed by atoms with Crippen molar-refractivity contribution >= 4 is 40.0 Å². The summed E-state index contributed by atoms with van der Waals surface area (Å²) in [6.45, 7) is 2.41. The van der Waals surface area contributed by atoms with E-state index in [-0.39, 0.29) is 0 Å². The molecule has 0 bridgehead atoms. The molecule has 0 unspecified atom stereocenters. The van der Waals surface area contributed by atoms with Gasteiger partial charge in [0.1, 0.15) is 0 Å². The third-order valence-electron chi connectivity index (χ3n) is 4.30. The number of rotatable bonds is 5. The first kappa shape index (κ1) is 17.8. The zero-order chi connectivity index (χ0) is 18.0. The Morgan fingerprint density at radius 1 is 1.08 bits per heavy atom. The monoisotopic (exact) mass is 374 g/mol. The number of halogens is 2. The maximum absolute atomic E-state index is 7.93. The van der Waals surface area contributed by atoms with Crippen molar-refractivity contribution in [3.63, 3.8) is 0 Å². The van der Waals surface area contributed by atoms with Gasteiger partial charge in [-0.2, -0.15) is 0 Å². The number of ether oxygens (including phenoxy) is 1. The summed E-state index contributed by atoms with van der Waals surface area (Å²) in [7, 11) is 2.05. The van der Waals surface area contributed by atoms with E-state index in [0.29, 0.717) is 35.4 Å². The number of aromatic nitrogens is 1. The number of fused-ring (bicyclic) bond motifs is 1. The van der Waals surface area contributed by atoms with Crippen LogP contribution in [0.2, 0.25) is 10.0 Å². The Bertz CT molecular complexity index is 914. The second kappa shape index (κ2) is 7.51. The van der Waals surface area contributed by atoms with Crippen molar-refractivity contribution in [3.8, 4) is 11.3 Å². The number of hydrogen-bond donors (Lipinski definition) is 1. The minimum Gasteiger partial charge on any atom is -0.481 e. The molecular formula is C20H20Cl2N2O. The SMILES string of the molecule is CCOC(=N)CCc1c(-c2ccc(Cl)cc2)n(C)c2ccc(Cl)cc12. The molecule has 3 nitrogen and oxygen atoms in total. The van der Waals surface area contributed by atoms with Crippen molar-refractivity contribution in [2.75, 3.05) is 6.61 Å². The second-order valence-corrected chi connectivity index (χ2v) is 6.78. The highest BCUT2D eigenvalue weighted by Crippen LogP contribution is 2.35. The van der Waals surface area contributed by atoms with E-state index in [1.165, 1.54) is 5.56 Å². The molecule has 3 rings (SSSR count). The molecular weight excluding hydrogens is 355 g/mol. The van der Waals surface area contributed by atoms with Crippen LogP contribution in [0.4, 0.5) is 0 Å². The molecule has 2 aromatic carbocycles. The van der Waals surface area contributed by atoms with Crippen molar-refractivity contribution in [2.24, 2.45) is 7.05 Å². The fourth-order valence-corrected chi connectivity index (χ4v) is 3.50. The molecule has 0 fully saturated rings. The Kier molecular flexibility index (Phi) is 5.36. The molecule has 0 aliphatic carbocycles. The van der Waals surface area contributed by atoms with Gasteiger partial charge in [-0.15, -0.1) is 0 Å². The van der Waals surface area contributed by atoms with Gasteiger partial charge in [-0.3, -0.25) is 5.41 Å². The van der Waals surface area contributed by atoms with Crippen molar-refractivity contribution in [3.05, 3.63) is 58.1 Å². The van der Waals surface area contributed by atoms with Crippen LogP contribution in [0.1, 0.15) is 18.9 Å². The van der Waals surface area contributed by atoms with Crippen LogP contribution in [0, 0.1) is 5.41 Å². The van der Waals surface area contributed by atoms with Crippen LogP contribution in [0.5, 0.6) is 0 Å². The van der Waals surface area contributed by atoms with E-state index in [4.69, 9.17) is 33.3 Å². The Hall–Kier alpha value is -1.97. The summed E-state index contributed by atoms with van der Waals surface area (Å²) >= 11 is 12.3. The topological polar surface area (TPSA) is 38.0 Å². The summed E-state index contributed by atoms with van der Waals surface area (Å²) in [5.74, 6) is 0.309. The van der Waals surface area contributed by atoms with Crippen molar-refractivity contribution in [1.29, 1.82) is 5.41 Å². The molecule has 1 heterocycles.